The third-order valence-corrected chi connectivity index (χ3v) is 5.35. The molecule has 0 bridgehead atoms. The maximum Gasteiger partial charge on any atom is 0.262 e. The summed E-state index contributed by atoms with van der Waals surface area (Å²) in [6, 6.07) is 9.06. The molecule has 3 amide bonds. The number of hydrazone groups is 1. The average molecular weight is 554 g/mol. The highest BCUT2D eigenvalue weighted by Gasteiger charge is 2.25. The summed E-state index contributed by atoms with van der Waals surface area (Å²) in [6.07, 6.45) is 1.41. The zero-order chi connectivity index (χ0) is 25.3. The van der Waals surface area contributed by atoms with E-state index in [1.54, 1.807) is 57.2 Å². The Morgan fingerprint density at radius 1 is 1.21 bits per heavy atom. The number of hydrogen-bond donors (Lipinski definition) is 3. The lowest BCUT2D eigenvalue weighted by molar-refractivity contribution is -0.124. The molecule has 0 aliphatic rings. The van der Waals surface area contributed by atoms with Crippen LogP contribution in [-0.4, -0.2) is 43.2 Å². The van der Waals surface area contributed by atoms with Gasteiger partial charge in [0.25, 0.3) is 17.7 Å². The van der Waals surface area contributed by atoms with E-state index in [9.17, 15) is 14.4 Å². The van der Waals surface area contributed by atoms with Crippen molar-refractivity contribution in [2.75, 3.05) is 13.2 Å². The highest BCUT2D eigenvalue weighted by molar-refractivity contribution is 9.10. The van der Waals surface area contributed by atoms with Crippen LogP contribution in [0, 0.1) is 5.92 Å². The van der Waals surface area contributed by atoms with Crippen LogP contribution in [0.1, 0.15) is 36.7 Å². The van der Waals surface area contributed by atoms with Crippen molar-refractivity contribution in [3.8, 4) is 11.5 Å². The highest BCUT2D eigenvalue weighted by atomic mass is 79.9. The smallest absolute Gasteiger partial charge is 0.262 e. The molecule has 34 heavy (non-hydrogen) atoms. The van der Waals surface area contributed by atoms with E-state index >= 15 is 0 Å². The fraction of sp³-hybridized carbons (Fsp3) is 0.304. The van der Waals surface area contributed by atoms with E-state index in [1.165, 1.54) is 6.21 Å². The standard InChI is InChI=1S/C23H26BrClN4O5/c1-4-33-18-10-14(9-16(24)21(18)34-12-19(26)30)11-27-29-23(32)20(13(2)3)28-22(31)15-7-5-6-8-17(15)25/h5-11,13,20H,4,12H2,1-3H3,(H2,26,30)(H,28,31)(H,29,32). The summed E-state index contributed by atoms with van der Waals surface area (Å²) in [7, 11) is 0. The first-order chi connectivity index (χ1) is 16.1. The molecule has 0 aliphatic carbocycles. The fourth-order valence-electron chi connectivity index (χ4n) is 2.85. The van der Waals surface area contributed by atoms with Crippen LogP contribution in [0.4, 0.5) is 0 Å². The fourth-order valence-corrected chi connectivity index (χ4v) is 3.64. The number of nitrogens with two attached hydrogens (primary N) is 1. The van der Waals surface area contributed by atoms with Crippen LogP contribution in [0.15, 0.2) is 46.0 Å². The van der Waals surface area contributed by atoms with Gasteiger partial charge in [-0.2, -0.15) is 5.10 Å². The lowest BCUT2D eigenvalue weighted by Crippen LogP contribution is -2.48. The molecule has 1 atom stereocenters. The number of nitrogens with one attached hydrogen (secondary N) is 2. The lowest BCUT2D eigenvalue weighted by Gasteiger charge is -2.20. The van der Waals surface area contributed by atoms with Gasteiger partial charge in [-0.15, -0.1) is 0 Å². The van der Waals surface area contributed by atoms with Crippen molar-refractivity contribution >= 4 is 51.5 Å². The Morgan fingerprint density at radius 2 is 1.91 bits per heavy atom. The predicted octanol–water partition coefficient (Wildman–Crippen LogP) is 3.27. The number of primary amides is 1. The number of rotatable bonds is 11. The largest absolute Gasteiger partial charge is 0.490 e. The second-order valence-corrected chi connectivity index (χ2v) is 8.69. The van der Waals surface area contributed by atoms with Gasteiger partial charge in [0.05, 0.1) is 27.9 Å². The summed E-state index contributed by atoms with van der Waals surface area (Å²) in [5.41, 5.74) is 8.45. The first-order valence-electron chi connectivity index (χ1n) is 10.4. The monoisotopic (exact) mass is 552 g/mol. The molecule has 0 radical (unpaired) electrons. The van der Waals surface area contributed by atoms with Crippen LogP contribution in [0.25, 0.3) is 0 Å². The molecule has 0 saturated carbocycles. The van der Waals surface area contributed by atoms with Crippen molar-refractivity contribution in [2.24, 2.45) is 16.8 Å². The summed E-state index contributed by atoms with van der Waals surface area (Å²) in [6.45, 7) is 5.46. The quantitative estimate of drug-likeness (QED) is 0.290. The summed E-state index contributed by atoms with van der Waals surface area (Å²) in [4.78, 5) is 36.3. The number of nitrogens with zero attached hydrogens (tertiary/aromatic N) is 1. The molecular formula is C23H26BrClN4O5. The van der Waals surface area contributed by atoms with Gasteiger partial charge in [0, 0.05) is 0 Å². The van der Waals surface area contributed by atoms with Gasteiger partial charge in [-0.3, -0.25) is 14.4 Å². The Balaban J connectivity index is 2.12. The van der Waals surface area contributed by atoms with Gasteiger partial charge in [0.1, 0.15) is 6.04 Å². The maximum atomic E-state index is 12.7. The molecule has 0 aliphatic heterocycles. The van der Waals surface area contributed by atoms with Crippen LogP contribution in [-0.2, 0) is 9.59 Å². The van der Waals surface area contributed by atoms with Crippen molar-refractivity contribution in [3.63, 3.8) is 0 Å². The zero-order valence-corrected chi connectivity index (χ0v) is 21.3. The Kier molecular flexibility index (Phi) is 10.3. The van der Waals surface area contributed by atoms with E-state index in [0.29, 0.717) is 33.2 Å². The van der Waals surface area contributed by atoms with Gasteiger partial charge >= 0.3 is 0 Å². The molecule has 4 N–H and O–H groups in total. The molecule has 0 spiro atoms. The van der Waals surface area contributed by atoms with E-state index in [0.717, 1.165) is 0 Å². The van der Waals surface area contributed by atoms with Crippen LogP contribution in [0.2, 0.25) is 5.02 Å². The molecule has 0 heterocycles. The van der Waals surface area contributed by atoms with Crippen molar-refractivity contribution in [1.82, 2.24) is 10.7 Å². The summed E-state index contributed by atoms with van der Waals surface area (Å²) < 4.78 is 11.5. The summed E-state index contributed by atoms with van der Waals surface area (Å²) >= 11 is 9.45. The molecule has 0 aromatic heterocycles. The number of ether oxygens (including phenoxy) is 2. The third kappa shape index (κ3) is 7.74. The first kappa shape index (κ1) is 27.1. The van der Waals surface area contributed by atoms with Crippen LogP contribution in [0.3, 0.4) is 0 Å². The van der Waals surface area contributed by atoms with E-state index < -0.39 is 23.8 Å². The normalized spacial score (nSPS) is 11.8. The van der Waals surface area contributed by atoms with Gasteiger partial charge in [-0.1, -0.05) is 37.6 Å². The minimum absolute atomic E-state index is 0.206. The number of hydrogen-bond acceptors (Lipinski definition) is 6. The van der Waals surface area contributed by atoms with E-state index in [-0.39, 0.29) is 18.1 Å². The van der Waals surface area contributed by atoms with Crippen molar-refractivity contribution in [3.05, 3.63) is 57.0 Å². The number of amides is 3. The number of benzene rings is 2. The minimum atomic E-state index is -0.837. The molecule has 2 aromatic rings. The highest BCUT2D eigenvalue weighted by Crippen LogP contribution is 2.36. The molecule has 182 valence electrons. The maximum absolute atomic E-state index is 12.7. The molecule has 1 unspecified atom stereocenters. The predicted molar refractivity (Wildman–Crippen MR) is 133 cm³/mol. The van der Waals surface area contributed by atoms with Crippen LogP contribution < -0.4 is 25.9 Å². The Morgan fingerprint density at radius 3 is 2.53 bits per heavy atom. The van der Waals surface area contributed by atoms with Gasteiger partial charge < -0.3 is 20.5 Å². The number of carbonyl (C=O) groups excluding carboxylic acids is 3. The summed E-state index contributed by atoms with van der Waals surface area (Å²) in [5, 5.41) is 6.98. The van der Waals surface area contributed by atoms with E-state index in [4.69, 9.17) is 26.8 Å². The zero-order valence-electron chi connectivity index (χ0n) is 18.9. The van der Waals surface area contributed by atoms with Gasteiger partial charge in [-0.25, -0.2) is 5.43 Å². The van der Waals surface area contributed by atoms with E-state index in [1.807, 2.05) is 0 Å². The second-order valence-electron chi connectivity index (χ2n) is 7.43. The summed E-state index contributed by atoms with van der Waals surface area (Å²) in [5.74, 6) is -1.08. The lowest BCUT2D eigenvalue weighted by atomic mass is 10.0. The molecule has 9 nitrogen and oxygen atoms in total. The Bertz CT molecular complexity index is 1080. The molecule has 0 saturated heterocycles. The van der Waals surface area contributed by atoms with Crippen molar-refractivity contribution < 1.29 is 23.9 Å². The minimum Gasteiger partial charge on any atom is -0.490 e. The molecule has 11 heteroatoms. The third-order valence-electron chi connectivity index (χ3n) is 4.43. The number of carbonyl (C=O) groups is 3. The molecule has 2 aromatic carbocycles. The van der Waals surface area contributed by atoms with Crippen molar-refractivity contribution in [1.29, 1.82) is 0 Å². The van der Waals surface area contributed by atoms with Gasteiger partial charge in [-0.05, 0) is 58.6 Å². The number of halogens is 2. The molecule has 2 rings (SSSR count). The van der Waals surface area contributed by atoms with Gasteiger partial charge in [0.15, 0.2) is 18.1 Å². The average Bonchev–Trinajstić information content (AvgIpc) is 2.76. The first-order valence-corrected chi connectivity index (χ1v) is 11.6. The Hall–Kier alpha value is -3.11. The molecule has 0 fully saturated rings. The molecular weight excluding hydrogens is 528 g/mol. The second kappa shape index (κ2) is 13.0. The topological polar surface area (TPSA) is 132 Å². The van der Waals surface area contributed by atoms with Gasteiger partial charge in [0.2, 0.25) is 0 Å². The Labute approximate surface area is 211 Å². The van der Waals surface area contributed by atoms with Crippen LogP contribution in [0.5, 0.6) is 11.5 Å². The SMILES string of the molecule is CCOc1cc(C=NNC(=O)C(NC(=O)c2ccccc2Cl)C(C)C)cc(Br)c1OCC(N)=O. The van der Waals surface area contributed by atoms with E-state index in [2.05, 4.69) is 31.8 Å². The van der Waals surface area contributed by atoms with Crippen molar-refractivity contribution in [2.45, 2.75) is 26.8 Å². The van der Waals surface area contributed by atoms with Crippen LogP contribution >= 0.6 is 27.5 Å².